The molecule has 130 valence electrons. The highest BCUT2D eigenvalue weighted by Crippen LogP contribution is 2.26. The van der Waals surface area contributed by atoms with Crippen LogP contribution in [-0.4, -0.2) is 45.2 Å². The van der Waals surface area contributed by atoms with Crippen LogP contribution in [0, 0.1) is 6.92 Å². The zero-order chi connectivity index (χ0) is 16.2. The number of piperazine rings is 1. The number of aryl methyl sites for hydroxylation is 1. The maximum absolute atomic E-state index is 5.25. The van der Waals surface area contributed by atoms with Gasteiger partial charge in [0, 0.05) is 31.9 Å². The van der Waals surface area contributed by atoms with E-state index in [1.54, 1.807) is 7.11 Å². The average Bonchev–Trinajstić information content (AvgIpc) is 2.57. The van der Waals surface area contributed by atoms with Gasteiger partial charge in [0.15, 0.2) is 0 Å². The topological polar surface area (TPSA) is 15.7 Å². The van der Waals surface area contributed by atoms with Gasteiger partial charge in [-0.25, -0.2) is 0 Å². The summed E-state index contributed by atoms with van der Waals surface area (Å²) < 4.78 is 5.25. The van der Waals surface area contributed by atoms with Gasteiger partial charge in [0.1, 0.15) is 5.75 Å². The van der Waals surface area contributed by atoms with Crippen LogP contribution in [0.3, 0.4) is 0 Å². The van der Waals surface area contributed by atoms with Crippen molar-refractivity contribution in [2.24, 2.45) is 0 Å². The second-order valence-electron chi connectivity index (χ2n) is 6.45. The second kappa shape index (κ2) is 8.41. The number of rotatable bonds is 4. The smallest absolute Gasteiger partial charge is 0.118 e. The fourth-order valence-electron chi connectivity index (χ4n) is 3.18. The van der Waals surface area contributed by atoms with Gasteiger partial charge in [0.2, 0.25) is 0 Å². The molecular weight excluding hydrogens is 320 g/mol. The largest absolute Gasteiger partial charge is 0.497 e. The molecule has 1 aliphatic heterocycles. The van der Waals surface area contributed by atoms with Gasteiger partial charge >= 0.3 is 0 Å². The highest BCUT2D eigenvalue weighted by atomic mass is 35.5. The van der Waals surface area contributed by atoms with Crippen LogP contribution >= 0.6 is 12.4 Å². The molecule has 0 saturated carbocycles. The molecule has 2 aromatic rings. The van der Waals surface area contributed by atoms with Crippen molar-refractivity contribution in [2.45, 2.75) is 13.3 Å². The molecule has 1 heterocycles. The molecule has 1 fully saturated rings. The molecule has 0 spiro atoms. The van der Waals surface area contributed by atoms with Gasteiger partial charge in [-0.1, -0.05) is 29.8 Å². The SMILES string of the molecule is COc1ccc(Cc2cc(C)ccc2N2CCN(C)CC2)cc1.Cl. The van der Waals surface area contributed by atoms with Crippen LogP contribution in [0.15, 0.2) is 42.5 Å². The van der Waals surface area contributed by atoms with Crippen LogP contribution in [0.1, 0.15) is 16.7 Å². The Labute approximate surface area is 151 Å². The summed E-state index contributed by atoms with van der Waals surface area (Å²) in [6.45, 7) is 6.65. The molecule has 0 radical (unpaired) electrons. The van der Waals surface area contributed by atoms with E-state index in [0.29, 0.717) is 0 Å². The number of hydrogen-bond donors (Lipinski definition) is 0. The van der Waals surface area contributed by atoms with Gasteiger partial charge in [0.25, 0.3) is 0 Å². The van der Waals surface area contributed by atoms with Crippen molar-refractivity contribution >= 4 is 18.1 Å². The van der Waals surface area contributed by atoms with E-state index < -0.39 is 0 Å². The maximum atomic E-state index is 5.25. The quantitative estimate of drug-likeness (QED) is 0.838. The fraction of sp³-hybridized carbons (Fsp3) is 0.400. The Hall–Kier alpha value is -1.71. The molecule has 4 heteroatoms. The van der Waals surface area contributed by atoms with E-state index in [9.17, 15) is 0 Å². The minimum Gasteiger partial charge on any atom is -0.497 e. The number of ether oxygens (including phenoxy) is 1. The molecule has 0 unspecified atom stereocenters. The second-order valence-corrected chi connectivity index (χ2v) is 6.45. The standard InChI is InChI=1S/C20H26N2O.ClH/c1-16-4-9-20(22-12-10-21(2)11-13-22)18(14-16)15-17-5-7-19(23-3)8-6-17;/h4-9,14H,10-13,15H2,1-3H3;1H. The molecule has 0 amide bonds. The van der Waals surface area contributed by atoms with Gasteiger partial charge in [0.05, 0.1) is 7.11 Å². The Bertz CT molecular complexity index is 649. The van der Waals surface area contributed by atoms with E-state index in [1.165, 1.54) is 22.4 Å². The monoisotopic (exact) mass is 346 g/mol. The third-order valence-corrected chi connectivity index (χ3v) is 4.63. The van der Waals surface area contributed by atoms with E-state index in [1.807, 2.05) is 12.1 Å². The Kier molecular flexibility index (Phi) is 6.52. The number of nitrogens with zero attached hydrogens (tertiary/aromatic N) is 2. The van der Waals surface area contributed by atoms with Crippen molar-refractivity contribution < 1.29 is 4.74 Å². The van der Waals surface area contributed by atoms with Gasteiger partial charge in [-0.15, -0.1) is 12.4 Å². The lowest BCUT2D eigenvalue weighted by atomic mass is 10.00. The van der Waals surface area contributed by atoms with E-state index in [4.69, 9.17) is 4.74 Å². The molecule has 0 aliphatic carbocycles. The Balaban J connectivity index is 0.00000208. The molecule has 3 nitrogen and oxygen atoms in total. The van der Waals surface area contributed by atoms with E-state index in [-0.39, 0.29) is 12.4 Å². The van der Waals surface area contributed by atoms with Crippen LogP contribution in [0.2, 0.25) is 0 Å². The van der Waals surface area contributed by atoms with Crippen LogP contribution in [0.5, 0.6) is 5.75 Å². The zero-order valence-electron chi connectivity index (χ0n) is 14.8. The van der Waals surface area contributed by atoms with Gasteiger partial charge in [-0.3, -0.25) is 0 Å². The fourth-order valence-corrected chi connectivity index (χ4v) is 3.18. The minimum atomic E-state index is 0. The van der Waals surface area contributed by atoms with Crippen molar-refractivity contribution in [3.8, 4) is 5.75 Å². The highest BCUT2D eigenvalue weighted by Gasteiger charge is 2.17. The molecule has 0 atom stereocenters. The molecule has 0 N–H and O–H groups in total. The molecule has 2 aromatic carbocycles. The minimum absolute atomic E-state index is 0. The summed E-state index contributed by atoms with van der Waals surface area (Å²) in [5.74, 6) is 0.914. The zero-order valence-corrected chi connectivity index (χ0v) is 15.6. The highest BCUT2D eigenvalue weighted by molar-refractivity contribution is 5.85. The average molecular weight is 347 g/mol. The molecule has 1 aliphatic rings. The number of benzene rings is 2. The normalized spacial score (nSPS) is 15.0. The molecule has 3 rings (SSSR count). The van der Waals surface area contributed by atoms with E-state index >= 15 is 0 Å². The van der Waals surface area contributed by atoms with E-state index in [0.717, 1.165) is 38.3 Å². The first-order chi connectivity index (χ1) is 11.2. The summed E-state index contributed by atoms with van der Waals surface area (Å²) in [4.78, 5) is 4.92. The predicted octanol–water partition coefficient (Wildman–Crippen LogP) is 3.77. The van der Waals surface area contributed by atoms with Crippen molar-refractivity contribution in [1.82, 2.24) is 4.90 Å². The van der Waals surface area contributed by atoms with Crippen LogP contribution in [0.4, 0.5) is 5.69 Å². The number of hydrogen-bond acceptors (Lipinski definition) is 3. The predicted molar refractivity (Wildman–Crippen MR) is 104 cm³/mol. The van der Waals surface area contributed by atoms with E-state index in [2.05, 4.69) is 54.1 Å². The van der Waals surface area contributed by atoms with Crippen LogP contribution in [0.25, 0.3) is 0 Å². The summed E-state index contributed by atoms with van der Waals surface area (Å²) in [7, 11) is 3.91. The molecular formula is C20H27ClN2O. The van der Waals surface area contributed by atoms with Crippen LogP contribution in [-0.2, 0) is 6.42 Å². The number of halogens is 1. The molecule has 0 bridgehead atoms. The van der Waals surface area contributed by atoms with Crippen molar-refractivity contribution in [3.63, 3.8) is 0 Å². The first-order valence-electron chi connectivity index (χ1n) is 8.31. The molecule has 0 aromatic heterocycles. The third-order valence-electron chi connectivity index (χ3n) is 4.63. The van der Waals surface area contributed by atoms with Gasteiger partial charge in [-0.2, -0.15) is 0 Å². The van der Waals surface area contributed by atoms with Crippen LogP contribution < -0.4 is 9.64 Å². The maximum Gasteiger partial charge on any atom is 0.118 e. The molecule has 24 heavy (non-hydrogen) atoms. The van der Waals surface area contributed by atoms with Crippen molar-refractivity contribution in [3.05, 3.63) is 59.2 Å². The lowest BCUT2D eigenvalue weighted by Gasteiger charge is -2.35. The lowest BCUT2D eigenvalue weighted by Crippen LogP contribution is -2.44. The van der Waals surface area contributed by atoms with Gasteiger partial charge in [-0.05, 0) is 49.7 Å². The molecule has 1 saturated heterocycles. The lowest BCUT2D eigenvalue weighted by molar-refractivity contribution is 0.312. The summed E-state index contributed by atoms with van der Waals surface area (Å²) >= 11 is 0. The Morgan fingerprint density at radius 2 is 1.62 bits per heavy atom. The van der Waals surface area contributed by atoms with Crippen molar-refractivity contribution in [1.29, 1.82) is 0 Å². The Morgan fingerprint density at radius 3 is 2.25 bits per heavy atom. The number of methoxy groups -OCH3 is 1. The summed E-state index contributed by atoms with van der Waals surface area (Å²) in [6, 6.07) is 15.3. The first kappa shape index (κ1) is 18.6. The summed E-state index contributed by atoms with van der Waals surface area (Å²) in [5, 5.41) is 0. The number of likely N-dealkylation sites (N-methyl/N-ethyl adjacent to an activating group) is 1. The van der Waals surface area contributed by atoms with Crippen molar-refractivity contribution in [2.75, 3.05) is 45.2 Å². The first-order valence-corrected chi connectivity index (χ1v) is 8.31. The van der Waals surface area contributed by atoms with Gasteiger partial charge < -0.3 is 14.5 Å². The summed E-state index contributed by atoms with van der Waals surface area (Å²) in [6.07, 6.45) is 0.966. The number of anilines is 1. The Morgan fingerprint density at radius 1 is 0.958 bits per heavy atom. The third kappa shape index (κ3) is 4.43. The summed E-state index contributed by atoms with van der Waals surface area (Å²) in [5.41, 5.74) is 5.46.